The quantitative estimate of drug-likeness (QED) is 0.632. The van der Waals surface area contributed by atoms with Crippen molar-refractivity contribution in [1.82, 2.24) is 5.43 Å². The van der Waals surface area contributed by atoms with Gasteiger partial charge in [0.05, 0.1) is 12.8 Å². The minimum absolute atomic E-state index is 0.180. The zero-order valence-electron chi connectivity index (χ0n) is 12.0. The molecular weight excluding hydrogens is 262 g/mol. The topological polar surface area (TPSA) is 53.5 Å². The van der Waals surface area contributed by atoms with Crippen LogP contribution in [0.1, 0.15) is 18.1 Å². The van der Waals surface area contributed by atoms with E-state index in [2.05, 4.69) is 34.9 Å². The fourth-order valence-corrected chi connectivity index (χ4v) is 1.80. The van der Waals surface area contributed by atoms with Crippen LogP contribution in [0.25, 0.3) is 0 Å². The molecule has 2 aromatic carbocycles. The number of hydrogen-bond acceptors (Lipinski definition) is 3. The molecule has 0 unspecified atom stereocenters. The van der Waals surface area contributed by atoms with E-state index in [1.54, 1.807) is 6.21 Å². The van der Waals surface area contributed by atoms with E-state index >= 15 is 0 Å². The number of rotatable bonds is 6. The van der Waals surface area contributed by atoms with Gasteiger partial charge in [-0.2, -0.15) is 5.10 Å². The Hall–Kier alpha value is -2.62. The second kappa shape index (κ2) is 7.85. The number of carbonyl (C=O) groups is 1. The average molecular weight is 281 g/mol. The fourth-order valence-electron chi connectivity index (χ4n) is 1.80. The monoisotopic (exact) mass is 281 g/mol. The van der Waals surface area contributed by atoms with E-state index in [-0.39, 0.29) is 12.5 Å². The smallest absolute Gasteiger partial charge is 0.259 e. The van der Waals surface area contributed by atoms with Crippen LogP contribution in [0.5, 0.6) is 0 Å². The van der Waals surface area contributed by atoms with Gasteiger partial charge in [-0.15, -0.1) is 0 Å². The lowest BCUT2D eigenvalue weighted by Gasteiger charge is -2.04. The number of hydrogen-bond donors (Lipinski definition) is 2. The van der Waals surface area contributed by atoms with Crippen molar-refractivity contribution in [1.29, 1.82) is 0 Å². The molecule has 0 aliphatic rings. The van der Waals surface area contributed by atoms with Crippen LogP contribution in [0.4, 0.5) is 5.69 Å². The molecule has 0 fully saturated rings. The summed E-state index contributed by atoms with van der Waals surface area (Å²) in [6.07, 6.45) is 2.65. The summed E-state index contributed by atoms with van der Waals surface area (Å²) in [7, 11) is 0. The van der Waals surface area contributed by atoms with E-state index in [0.717, 1.165) is 17.7 Å². The normalized spacial score (nSPS) is 10.5. The van der Waals surface area contributed by atoms with Gasteiger partial charge in [-0.25, -0.2) is 5.43 Å². The Kier molecular flexibility index (Phi) is 5.52. The molecule has 0 bridgehead atoms. The van der Waals surface area contributed by atoms with Crippen molar-refractivity contribution in [2.75, 3.05) is 11.9 Å². The first kappa shape index (κ1) is 14.8. The first-order valence-electron chi connectivity index (χ1n) is 6.97. The van der Waals surface area contributed by atoms with Gasteiger partial charge in [0.2, 0.25) is 0 Å². The Labute approximate surface area is 124 Å². The minimum atomic E-state index is -0.180. The molecule has 0 saturated heterocycles. The SMILES string of the molecule is CCc1ccc(/C=N/NC(=O)CNc2ccccc2)cc1. The molecule has 4 heteroatoms. The Bertz CT molecular complexity index is 591. The summed E-state index contributed by atoms with van der Waals surface area (Å²) in [6.45, 7) is 2.30. The third kappa shape index (κ3) is 5.10. The lowest BCUT2D eigenvalue weighted by Crippen LogP contribution is -2.25. The molecule has 2 rings (SSSR count). The van der Waals surface area contributed by atoms with Crippen LogP contribution in [0, 0.1) is 0 Å². The Morgan fingerprint density at radius 1 is 1.10 bits per heavy atom. The maximum absolute atomic E-state index is 11.6. The van der Waals surface area contributed by atoms with E-state index in [4.69, 9.17) is 0 Å². The van der Waals surface area contributed by atoms with Gasteiger partial charge in [0, 0.05) is 5.69 Å². The molecule has 108 valence electrons. The molecule has 21 heavy (non-hydrogen) atoms. The van der Waals surface area contributed by atoms with Gasteiger partial charge < -0.3 is 5.32 Å². The maximum Gasteiger partial charge on any atom is 0.259 e. The van der Waals surface area contributed by atoms with Gasteiger partial charge in [0.15, 0.2) is 0 Å². The van der Waals surface area contributed by atoms with Crippen molar-refractivity contribution < 1.29 is 4.79 Å². The van der Waals surface area contributed by atoms with E-state index in [1.807, 2.05) is 42.5 Å². The molecule has 0 radical (unpaired) electrons. The predicted octanol–water partition coefficient (Wildman–Crippen LogP) is 2.81. The van der Waals surface area contributed by atoms with Crippen LogP contribution in [0.2, 0.25) is 0 Å². The highest BCUT2D eigenvalue weighted by Gasteiger charge is 1.98. The molecule has 2 N–H and O–H groups in total. The van der Waals surface area contributed by atoms with Crippen molar-refractivity contribution in [3.05, 3.63) is 65.7 Å². The second-order valence-corrected chi connectivity index (χ2v) is 4.61. The Morgan fingerprint density at radius 3 is 2.48 bits per heavy atom. The number of para-hydroxylation sites is 1. The van der Waals surface area contributed by atoms with Gasteiger partial charge in [-0.1, -0.05) is 49.4 Å². The summed E-state index contributed by atoms with van der Waals surface area (Å²) >= 11 is 0. The summed E-state index contributed by atoms with van der Waals surface area (Å²) in [5, 5.41) is 6.97. The third-order valence-corrected chi connectivity index (χ3v) is 3.02. The summed E-state index contributed by atoms with van der Waals surface area (Å²) < 4.78 is 0. The van der Waals surface area contributed by atoms with E-state index in [9.17, 15) is 4.79 Å². The van der Waals surface area contributed by atoms with E-state index in [0.29, 0.717) is 0 Å². The predicted molar refractivity (Wildman–Crippen MR) is 86.5 cm³/mol. The zero-order valence-corrected chi connectivity index (χ0v) is 12.0. The Morgan fingerprint density at radius 2 is 1.81 bits per heavy atom. The van der Waals surface area contributed by atoms with Gasteiger partial charge in [0.25, 0.3) is 5.91 Å². The molecule has 0 aliphatic carbocycles. The summed E-state index contributed by atoms with van der Waals surface area (Å²) in [5.41, 5.74) is 5.65. The highest BCUT2D eigenvalue weighted by molar-refractivity contribution is 5.84. The molecule has 0 saturated carbocycles. The van der Waals surface area contributed by atoms with Crippen molar-refractivity contribution >= 4 is 17.8 Å². The molecule has 1 amide bonds. The summed E-state index contributed by atoms with van der Waals surface area (Å²) in [4.78, 5) is 11.6. The number of aryl methyl sites for hydroxylation is 1. The number of nitrogens with one attached hydrogen (secondary N) is 2. The lowest BCUT2D eigenvalue weighted by molar-refractivity contribution is -0.119. The highest BCUT2D eigenvalue weighted by Crippen LogP contribution is 2.04. The van der Waals surface area contributed by atoms with Crippen molar-refractivity contribution in [2.45, 2.75) is 13.3 Å². The van der Waals surface area contributed by atoms with Crippen LogP contribution in [-0.2, 0) is 11.2 Å². The number of amides is 1. The standard InChI is InChI=1S/C17H19N3O/c1-2-14-8-10-15(11-9-14)12-19-20-17(21)13-18-16-6-4-3-5-7-16/h3-12,18H,2,13H2,1H3,(H,20,21)/b19-12+. The van der Waals surface area contributed by atoms with Crippen LogP contribution in [-0.4, -0.2) is 18.7 Å². The van der Waals surface area contributed by atoms with Gasteiger partial charge >= 0.3 is 0 Å². The molecule has 0 heterocycles. The number of carbonyl (C=O) groups excluding carboxylic acids is 1. The molecule has 2 aromatic rings. The molecule has 4 nitrogen and oxygen atoms in total. The molecule has 0 spiro atoms. The van der Waals surface area contributed by atoms with Crippen molar-refractivity contribution in [2.24, 2.45) is 5.10 Å². The largest absolute Gasteiger partial charge is 0.376 e. The van der Waals surface area contributed by atoms with Gasteiger partial charge in [-0.3, -0.25) is 4.79 Å². The number of nitrogens with zero attached hydrogens (tertiary/aromatic N) is 1. The minimum Gasteiger partial charge on any atom is -0.376 e. The first-order chi connectivity index (χ1) is 10.3. The summed E-state index contributed by atoms with van der Waals surface area (Å²) in [6, 6.07) is 17.7. The van der Waals surface area contributed by atoms with E-state index in [1.165, 1.54) is 5.56 Å². The second-order valence-electron chi connectivity index (χ2n) is 4.61. The number of benzene rings is 2. The Balaban J connectivity index is 1.76. The zero-order chi connectivity index (χ0) is 14.9. The molecule has 0 atom stereocenters. The lowest BCUT2D eigenvalue weighted by atomic mass is 10.1. The van der Waals surface area contributed by atoms with Gasteiger partial charge in [0.1, 0.15) is 0 Å². The van der Waals surface area contributed by atoms with Crippen LogP contribution in [0.15, 0.2) is 59.7 Å². The van der Waals surface area contributed by atoms with Gasteiger partial charge in [-0.05, 0) is 29.7 Å². The average Bonchev–Trinajstić information content (AvgIpc) is 2.54. The highest BCUT2D eigenvalue weighted by atomic mass is 16.2. The molecule has 0 aliphatic heterocycles. The van der Waals surface area contributed by atoms with Crippen LogP contribution >= 0.6 is 0 Å². The molecule has 0 aromatic heterocycles. The fraction of sp³-hybridized carbons (Fsp3) is 0.176. The van der Waals surface area contributed by atoms with Crippen LogP contribution in [0.3, 0.4) is 0 Å². The van der Waals surface area contributed by atoms with Crippen molar-refractivity contribution in [3.63, 3.8) is 0 Å². The first-order valence-corrected chi connectivity index (χ1v) is 6.97. The van der Waals surface area contributed by atoms with Crippen molar-refractivity contribution in [3.8, 4) is 0 Å². The molecular formula is C17H19N3O. The van der Waals surface area contributed by atoms with Crippen LogP contribution < -0.4 is 10.7 Å². The maximum atomic E-state index is 11.6. The number of hydrazone groups is 1. The third-order valence-electron chi connectivity index (χ3n) is 3.02. The van der Waals surface area contributed by atoms with E-state index < -0.39 is 0 Å². The summed E-state index contributed by atoms with van der Waals surface area (Å²) in [5.74, 6) is -0.180. The number of anilines is 1.